The third-order valence-corrected chi connectivity index (χ3v) is 4.02. The number of phenols is 1. The molecular weight excluding hydrogens is 280 g/mol. The van der Waals surface area contributed by atoms with Gasteiger partial charge in [0, 0.05) is 0 Å². The third kappa shape index (κ3) is 2.77. The molecule has 106 valence electrons. The van der Waals surface area contributed by atoms with Crippen molar-refractivity contribution in [1.82, 2.24) is 0 Å². The molecule has 0 aliphatic heterocycles. The van der Waals surface area contributed by atoms with E-state index in [-0.39, 0.29) is 22.0 Å². The second-order valence-electron chi connectivity index (χ2n) is 4.03. The first kappa shape index (κ1) is 14.0. The fourth-order valence-electron chi connectivity index (χ4n) is 1.64. The Morgan fingerprint density at radius 3 is 2.50 bits per heavy atom. The molecule has 0 amide bonds. The lowest BCUT2D eigenvalue weighted by molar-refractivity contribution is 0.416. The molecule has 0 saturated carbocycles. The van der Waals surface area contributed by atoms with Gasteiger partial charge >= 0.3 is 0 Å². The first-order valence-corrected chi connectivity index (χ1v) is 7.16. The number of hydrogen-bond donors (Lipinski definition) is 3. The van der Waals surface area contributed by atoms with Crippen molar-refractivity contribution in [2.45, 2.75) is 4.90 Å². The molecule has 0 fully saturated rings. The number of nitrogen functional groups attached to an aromatic ring is 1. The van der Waals surface area contributed by atoms with Crippen molar-refractivity contribution >= 4 is 21.4 Å². The fourth-order valence-corrected chi connectivity index (χ4v) is 2.75. The summed E-state index contributed by atoms with van der Waals surface area (Å²) in [5.41, 5.74) is 6.00. The summed E-state index contributed by atoms with van der Waals surface area (Å²) in [7, 11) is -2.38. The molecule has 0 aromatic heterocycles. The topological polar surface area (TPSA) is 102 Å². The minimum absolute atomic E-state index is 0.0148. The predicted octanol–water partition coefficient (Wildman–Crippen LogP) is 1.78. The van der Waals surface area contributed by atoms with E-state index in [0.717, 1.165) is 0 Å². The maximum absolute atomic E-state index is 12.2. The summed E-state index contributed by atoms with van der Waals surface area (Å²) < 4.78 is 31.6. The Hall–Kier alpha value is -2.41. The SMILES string of the molecule is COc1ccc(S(=O)(=O)Nc2ccccc2O)cc1N. The molecule has 0 unspecified atom stereocenters. The third-order valence-electron chi connectivity index (χ3n) is 2.66. The van der Waals surface area contributed by atoms with Crippen molar-refractivity contribution in [2.24, 2.45) is 0 Å². The van der Waals surface area contributed by atoms with E-state index in [1.165, 1.54) is 37.4 Å². The summed E-state index contributed by atoms with van der Waals surface area (Å²) in [5.74, 6) is 0.240. The zero-order chi connectivity index (χ0) is 14.8. The minimum Gasteiger partial charge on any atom is -0.506 e. The van der Waals surface area contributed by atoms with Crippen molar-refractivity contribution in [3.05, 3.63) is 42.5 Å². The molecular formula is C13H14N2O4S. The van der Waals surface area contributed by atoms with Crippen LogP contribution >= 0.6 is 0 Å². The Kier molecular flexibility index (Phi) is 3.71. The van der Waals surface area contributed by atoms with Gasteiger partial charge in [-0.1, -0.05) is 12.1 Å². The lowest BCUT2D eigenvalue weighted by atomic mass is 10.3. The molecule has 20 heavy (non-hydrogen) atoms. The number of rotatable bonds is 4. The Morgan fingerprint density at radius 1 is 1.20 bits per heavy atom. The van der Waals surface area contributed by atoms with Crippen LogP contribution in [0.5, 0.6) is 11.5 Å². The molecule has 0 saturated heterocycles. The van der Waals surface area contributed by atoms with Crippen LogP contribution in [0.3, 0.4) is 0 Å². The Balaban J connectivity index is 2.36. The quantitative estimate of drug-likeness (QED) is 0.589. The number of nitrogens with one attached hydrogen (secondary N) is 1. The Bertz CT molecular complexity index is 729. The molecule has 2 rings (SSSR count). The molecule has 0 atom stereocenters. The number of nitrogens with two attached hydrogens (primary N) is 1. The van der Waals surface area contributed by atoms with Gasteiger partial charge in [0.2, 0.25) is 0 Å². The van der Waals surface area contributed by atoms with Gasteiger partial charge < -0.3 is 15.6 Å². The highest BCUT2D eigenvalue weighted by molar-refractivity contribution is 7.92. The zero-order valence-electron chi connectivity index (χ0n) is 10.7. The zero-order valence-corrected chi connectivity index (χ0v) is 11.5. The second kappa shape index (κ2) is 5.30. The van der Waals surface area contributed by atoms with Crippen LogP contribution in [0.4, 0.5) is 11.4 Å². The van der Waals surface area contributed by atoms with Gasteiger partial charge in [0.1, 0.15) is 11.5 Å². The Labute approximate surface area is 116 Å². The highest BCUT2D eigenvalue weighted by Gasteiger charge is 2.17. The molecule has 7 heteroatoms. The standard InChI is InChI=1S/C13H14N2O4S/c1-19-13-7-6-9(8-10(13)14)20(17,18)15-11-4-2-3-5-12(11)16/h2-8,15-16H,14H2,1H3. The van der Waals surface area contributed by atoms with Crippen LogP contribution in [0.1, 0.15) is 0 Å². The van der Waals surface area contributed by atoms with E-state index in [4.69, 9.17) is 10.5 Å². The van der Waals surface area contributed by atoms with Crippen LogP contribution in [-0.2, 0) is 10.0 Å². The average molecular weight is 294 g/mol. The molecule has 2 aromatic rings. The maximum atomic E-state index is 12.2. The van der Waals surface area contributed by atoms with Gasteiger partial charge in [-0.2, -0.15) is 0 Å². The molecule has 0 heterocycles. The van der Waals surface area contributed by atoms with Gasteiger partial charge in [0.15, 0.2) is 0 Å². The molecule has 6 nitrogen and oxygen atoms in total. The normalized spacial score (nSPS) is 11.1. The lowest BCUT2D eigenvalue weighted by Gasteiger charge is -2.11. The number of phenolic OH excluding ortho intramolecular Hbond substituents is 1. The summed E-state index contributed by atoms with van der Waals surface area (Å²) in [5, 5.41) is 9.59. The van der Waals surface area contributed by atoms with E-state index in [9.17, 15) is 13.5 Å². The predicted molar refractivity (Wildman–Crippen MR) is 76.3 cm³/mol. The van der Waals surface area contributed by atoms with Gasteiger partial charge in [-0.05, 0) is 30.3 Å². The van der Waals surface area contributed by atoms with Crippen LogP contribution in [0.15, 0.2) is 47.4 Å². The number of methoxy groups -OCH3 is 1. The van der Waals surface area contributed by atoms with Crippen LogP contribution in [0.25, 0.3) is 0 Å². The summed E-state index contributed by atoms with van der Waals surface area (Å²) >= 11 is 0. The van der Waals surface area contributed by atoms with Crippen LogP contribution in [-0.4, -0.2) is 20.6 Å². The van der Waals surface area contributed by atoms with Gasteiger partial charge in [0.25, 0.3) is 10.0 Å². The number of hydrogen-bond acceptors (Lipinski definition) is 5. The molecule has 0 aliphatic carbocycles. The smallest absolute Gasteiger partial charge is 0.262 e. The lowest BCUT2D eigenvalue weighted by Crippen LogP contribution is -2.13. The number of aromatic hydroxyl groups is 1. The first-order valence-electron chi connectivity index (χ1n) is 5.68. The van der Waals surface area contributed by atoms with Crippen molar-refractivity contribution in [2.75, 3.05) is 17.6 Å². The number of sulfonamides is 1. The van der Waals surface area contributed by atoms with E-state index in [1.807, 2.05) is 0 Å². The van der Waals surface area contributed by atoms with Crippen LogP contribution < -0.4 is 15.2 Å². The van der Waals surface area contributed by atoms with Crippen LogP contribution in [0, 0.1) is 0 Å². The fraction of sp³-hybridized carbons (Fsp3) is 0.0769. The number of ether oxygens (including phenoxy) is 1. The van der Waals surface area contributed by atoms with E-state index < -0.39 is 10.0 Å². The number of anilines is 2. The number of para-hydroxylation sites is 2. The van der Waals surface area contributed by atoms with Gasteiger partial charge in [-0.25, -0.2) is 8.42 Å². The molecule has 0 spiro atoms. The molecule has 0 aliphatic rings. The summed E-state index contributed by atoms with van der Waals surface area (Å²) in [6.45, 7) is 0. The highest BCUT2D eigenvalue weighted by Crippen LogP contribution is 2.28. The van der Waals surface area contributed by atoms with Crippen molar-refractivity contribution in [1.29, 1.82) is 0 Å². The molecule has 2 aromatic carbocycles. The Morgan fingerprint density at radius 2 is 1.90 bits per heavy atom. The number of benzene rings is 2. The van der Waals surface area contributed by atoms with Gasteiger partial charge in [-0.15, -0.1) is 0 Å². The van der Waals surface area contributed by atoms with Crippen molar-refractivity contribution < 1.29 is 18.3 Å². The van der Waals surface area contributed by atoms with E-state index in [2.05, 4.69) is 4.72 Å². The van der Waals surface area contributed by atoms with E-state index >= 15 is 0 Å². The largest absolute Gasteiger partial charge is 0.506 e. The minimum atomic E-state index is -3.83. The molecule has 4 N–H and O–H groups in total. The first-order chi connectivity index (χ1) is 9.44. The second-order valence-corrected chi connectivity index (χ2v) is 5.71. The van der Waals surface area contributed by atoms with Crippen molar-refractivity contribution in [3.63, 3.8) is 0 Å². The summed E-state index contributed by atoms with van der Waals surface area (Å²) in [6.07, 6.45) is 0. The highest BCUT2D eigenvalue weighted by atomic mass is 32.2. The summed E-state index contributed by atoms with van der Waals surface area (Å²) in [4.78, 5) is -0.0148. The maximum Gasteiger partial charge on any atom is 0.262 e. The molecule has 0 radical (unpaired) electrons. The van der Waals surface area contributed by atoms with Gasteiger partial charge in [0.05, 0.1) is 23.4 Å². The van der Waals surface area contributed by atoms with E-state index in [0.29, 0.717) is 5.75 Å². The summed E-state index contributed by atoms with van der Waals surface area (Å²) in [6, 6.07) is 10.2. The average Bonchev–Trinajstić information content (AvgIpc) is 2.41. The van der Waals surface area contributed by atoms with Crippen LogP contribution in [0.2, 0.25) is 0 Å². The monoisotopic (exact) mass is 294 g/mol. The van der Waals surface area contributed by atoms with Gasteiger partial charge in [-0.3, -0.25) is 4.72 Å². The van der Waals surface area contributed by atoms with Crippen molar-refractivity contribution in [3.8, 4) is 11.5 Å². The molecule has 0 bridgehead atoms. The van der Waals surface area contributed by atoms with E-state index in [1.54, 1.807) is 12.1 Å².